The Labute approximate surface area is 288 Å². The van der Waals surface area contributed by atoms with E-state index in [0.717, 1.165) is 19.3 Å². The molecule has 234 valence electrons. The first kappa shape index (κ1) is 30.4. The van der Waals surface area contributed by atoms with E-state index in [0.29, 0.717) is 0 Å². The van der Waals surface area contributed by atoms with Crippen LogP contribution in [0.2, 0.25) is 0 Å². The van der Waals surface area contributed by atoms with Crippen molar-refractivity contribution in [2.24, 2.45) is 0 Å². The van der Waals surface area contributed by atoms with E-state index in [1.807, 2.05) is 0 Å². The number of rotatable bonds is 2. The van der Waals surface area contributed by atoms with Gasteiger partial charge in [-0.05, 0) is 95.7 Å². The van der Waals surface area contributed by atoms with Gasteiger partial charge in [0.1, 0.15) is 0 Å². The molecule has 1 aliphatic rings. The molecule has 0 spiro atoms. The maximum Gasteiger partial charge on any atom is -0.00228 e. The van der Waals surface area contributed by atoms with Crippen LogP contribution in [0.3, 0.4) is 0 Å². The topological polar surface area (TPSA) is 0 Å². The highest BCUT2D eigenvalue weighted by molar-refractivity contribution is 6.08. The zero-order valence-electron chi connectivity index (χ0n) is 27.6. The Morgan fingerprint density at radius 3 is 1.27 bits per heavy atom. The number of hydrogen-bond acceptors (Lipinski definition) is 0. The molecule has 0 radical (unpaired) electrons. The smallest absolute Gasteiger partial charge is 0.00228 e. The summed E-state index contributed by atoms with van der Waals surface area (Å²) in [6, 6.07) is 69.1. The summed E-state index contributed by atoms with van der Waals surface area (Å²) in [6.07, 6.45) is 3.36. The third kappa shape index (κ3) is 6.47. The minimum Gasteiger partial charge on any atom is -0.0622 e. The van der Waals surface area contributed by atoms with Gasteiger partial charge < -0.3 is 0 Å². The molecule has 0 heteroatoms. The Balaban J connectivity index is 0.000000110. The molecule has 0 nitrogen and oxygen atoms in total. The summed E-state index contributed by atoms with van der Waals surface area (Å²) in [5, 5.41) is 10.6. The largest absolute Gasteiger partial charge is 0.0622 e. The summed E-state index contributed by atoms with van der Waals surface area (Å²) in [5.74, 6) is 0. The molecule has 10 rings (SSSR count). The van der Waals surface area contributed by atoms with Crippen LogP contribution in [0.1, 0.15) is 22.3 Å². The molecule has 0 aliphatic heterocycles. The number of benzene rings is 9. The maximum atomic E-state index is 2.29. The number of fused-ring (bicyclic) bond motifs is 9. The highest BCUT2D eigenvalue weighted by atomic mass is 14.2. The molecule has 0 fully saturated rings. The van der Waals surface area contributed by atoms with E-state index in [1.54, 1.807) is 5.56 Å². The van der Waals surface area contributed by atoms with E-state index in [-0.39, 0.29) is 0 Å². The van der Waals surface area contributed by atoms with Gasteiger partial charge in [0.25, 0.3) is 0 Å². The molecule has 0 aromatic heterocycles. The Morgan fingerprint density at radius 2 is 0.735 bits per heavy atom. The molecular weight excluding hydrogens is 589 g/mol. The van der Waals surface area contributed by atoms with Gasteiger partial charge in [-0.2, -0.15) is 0 Å². The Morgan fingerprint density at radius 1 is 0.306 bits per heavy atom. The fourth-order valence-corrected chi connectivity index (χ4v) is 7.33. The predicted octanol–water partition coefficient (Wildman–Crippen LogP) is 13.0. The van der Waals surface area contributed by atoms with Crippen LogP contribution in [0.4, 0.5) is 0 Å². The quantitative estimate of drug-likeness (QED) is 0.168. The van der Waals surface area contributed by atoms with Gasteiger partial charge in [-0.1, -0.05) is 194 Å². The lowest BCUT2D eigenvalue weighted by molar-refractivity contribution is 0.920. The average molecular weight is 627 g/mol. The van der Waals surface area contributed by atoms with Crippen LogP contribution in [0.5, 0.6) is 0 Å². The SMILES string of the molecule is c1ccc(Cc2cccc3c2CCc2ccccc2-3)cc1.c1ccc2c(c1)ccc1ccccc12.c1ccc2c(c1)ccc1ccccc12. The van der Waals surface area contributed by atoms with E-state index in [2.05, 4.69) is 194 Å². The fraction of sp³-hybridized carbons (Fsp3) is 0.0612. The molecule has 0 heterocycles. The second-order valence-corrected chi connectivity index (χ2v) is 12.8. The van der Waals surface area contributed by atoms with Crippen LogP contribution in [0.25, 0.3) is 54.2 Å². The molecule has 0 saturated carbocycles. The first-order valence-corrected chi connectivity index (χ1v) is 17.3. The van der Waals surface area contributed by atoms with Crippen LogP contribution < -0.4 is 0 Å². The lowest BCUT2D eigenvalue weighted by Crippen LogP contribution is -2.07. The summed E-state index contributed by atoms with van der Waals surface area (Å²) in [6.45, 7) is 0. The predicted molar refractivity (Wildman–Crippen MR) is 211 cm³/mol. The van der Waals surface area contributed by atoms with Gasteiger partial charge in [-0.25, -0.2) is 0 Å². The number of hydrogen-bond donors (Lipinski definition) is 0. The van der Waals surface area contributed by atoms with E-state index >= 15 is 0 Å². The summed E-state index contributed by atoms with van der Waals surface area (Å²) in [4.78, 5) is 0. The van der Waals surface area contributed by atoms with Gasteiger partial charge in [0.15, 0.2) is 0 Å². The zero-order valence-corrected chi connectivity index (χ0v) is 27.6. The summed E-state index contributed by atoms with van der Waals surface area (Å²) in [7, 11) is 0. The average Bonchev–Trinajstić information content (AvgIpc) is 3.19. The van der Waals surface area contributed by atoms with Crippen molar-refractivity contribution < 1.29 is 0 Å². The van der Waals surface area contributed by atoms with Crippen molar-refractivity contribution in [2.75, 3.05) is 0 Å². The minimum absolute atomic E-state index is 1.03. The van der Waals surface area contributed by atoms with Gasteiger partial charge in [0.05, 0.1) is 0 Å². The second-order valence-electron chi connectivity index (χ2n) is 12.8. The summed E-state index contributed by atoms with van der Waals surface area (Å²) in [5.41, 5.74) is 8.76. The van der Waals surface area contributed by atoms with Gasteiger partial charge in [-0.3, -0.25) is 0 Å². The fourth-order valence-electron chi connectivity index (χ4n) is 7.33. The van der Waals surface area contributed by atoms with Crippen LogP contribution in [0.15, 0.2) is 194 Å². The molecule has 49 heavy (non-hydrogen) atoms. The molecule has 0 amide bonds. The first-order chi connectivity index (χ1) is 24.3. The van der Waals surface area contributed by atoms with E-state index < -0.39 is 0 Å². The third-order valence-corrected chi connectivity index (χ3v) is 9.77. The molecular formula is C49H38. The van der Waals surface area contributed by atoms with Crippen molar-refractivity contribution in [3.05, 3.63) is 216 Å². The van der Waals surface area contributed by atoms with E-state index in [4.69, 9.17) is 0 Å². The van der Waals surface area contributed by atoms with E-state index in [1.165, 1.54) is 70.9 Å². The van der Waals surface area contributed by atoms with Gasteiger partial charge >= 0.3 is 0 Å². The monoisotopic (exact) mass is 626 g/mol. The van der Waals surface area contributed by atoms with E-state index in [9.17, 15) is 0 Å². The Bertz CT molecular complexity index is 2300. The van der Waals surface area contributed by atoms with Crippen molar-refractivity contribution in [2.45, 2.75) is 19.3 Å². The van der Waals surface area contributed by atoms with Gasteiger partial charge in [-0.15, -0.1) is 0 Å². The molecule has 0 saturated heterocycles. The highest BCUT2D eigenvalue weighted by Crippen LogP contribution is 2.35. The summed E-state index contributed by atoms with van der Waals surface area (Å²) < 4.78 is 0. The normalized spacial score (nSPS) is 11.6. The van der Waals surface area contributed by atoms with Crippen LogP contribution >= 0.6 is 0 Å². The van der Waals surface area contributed by atoms with Crippen LogP contribution in [0, 0.1) is 0 Å². The molecule has 1 aliphatic carbocycles. The highest BCUT2D eigenvalue weighted by Gasteiger charge is 2.17. The molecule has 9 aromatic rings. The molecule has 0 bridgehead atoms. The number of aryl methyl sites for hydroxylation is 1. The molecule has 0 unspecified atom stereocenters. The van der Waals surface area contributed by atoms with Crippen molar-refractivity contribution in [3.8, 4) is 11.1 Å². The minimum atomic E-state index is 1.03. The third-order valence-electron chi connectivity index (χ3n) is 9.77. The van der Waals surface area contributed by atoms with Gasteiger partial charge in [0, 0.05) is 0 Å². The van der Waals surface area contributed by atoms with Crippen molar-refractivity contribution in [3.63, 3.8) is 0 Å². The maximum absolute atomic E-state index is 2.29. The lowest BCUT2D eigenvalue weighted by Gasteiger charge is -2.22. The molecule has 0 atom stereocenters. The van der Waals surface area contributed by atoms with Crippen molar-refractivity contribution >= 4 is 43.1 Å². The lowest BCUT2D eigenvalue weighted by atomic mass is 9.82. The van der Waals surface area contributed by atoms with Crippen molar-refractivity contribution in [1.82, 2.24) is 0 Å². The summed E-state index contributed by atoms with van der Waals surface area (Å²) >= 11 is 0. The molecule has 9 aromatic carbocycles. The van der Waals surface area contributed by atoms with Crippen LogP contribution in [-0.2, 0) is 19.3 Å². The van der Waals surface area contributed by atoms with Gasteiger partial charge in [0.2, 0.25) is 0 Å². The Hall–Kier alpha value is -5.98. The van der Waals surface area contributed by atoms with Crippen LogP contribution in [-0.4, -0.2) is 0 Å². The molecule has 0 N–H and O–H groups in total. The first-order valence-electron chi connectivity index (χ1n) is 17.3. The zero-order chi connectivity index (χ0) is 32.8. The second kappa shape index (κ2) is 14.0. The Kier molecular flexibility index (Phi) is 8.69. The van der Waals surface area contributed by atoms with Crippen molar-refractivity contribution in [1.29, 1.82) is 0 Å². The standard InChI is InChI=1S/C21H18.2C14H10/c1-2-7-16(8-3-1)15-18-10-6-12-21-19-11-5-4-9-17(19)13-14-20(18)21;2*1-3-7-13-11(5-1)9-10-12-6-2-4-8-14(12)13/h1-12H,13-15H2;2*1-10H.